The molecule has 35 heavy (non-hydrogen) atoms. The van der Waals surface area contributed by atoms with Crippen molar-refractivity contribution in [2.24, 2.45) is 5.92 Å². The second-order valence-corrected chi connectivity index (χ2v) is 11.6. The van der Waals surface area contributed by atoms with E-state index in [2.05, 4.69) is 20.9 Å². The zero-order valence-electron chi connectivity index (χ0n) is 20.9. The number of nitrogens with zero attached hydrogens (tertiary/aromatic N) is 1. The maximum absolute atomic E-state index is 13.2. The van der Waals surface area contributed by atoms with Crippen molar-refractivity contribution in [2.45, 2.75) is 63.6 Å². The van der Waals surface area contributed by atoms with Gasteiger partial charge in [-0.1, -0.05) is 31.4 Å². The average molecular weight is 525 g/mol. The zero-order chi connectivity index (χ0) is 24.9. The van der Waals surface area contributed by atoms with Crippen LogP contribution in [0.3, 0.4) is 0 Å². The van der Waals surface area contributed by atoms with Crippen LogP contribution in [0.5, 0.6) is 0 Å². The number of hydrogen-bond donors (Lipinski definition) is 3. The largest absolute Gasteiger partial charge is 0.351 e. The molecule has 1 aliphatic carbocycles. The van der Waals surface area contributed by atoms with Crippen molar-refractivity contribution in [2.75, 3.05) is 43.3 Å². The maximum Gasteiger partial charge on any atom is 0.243 e. The molecule has 1 atom stereocenters. The Labute approximate surface area is 218 Å². The molecule has 9 heteroatoms. The van der Waals surface area contributed by atoms with Crippen LogP contribution in [0.4, 0.5) is 4.39 Å². The van der Waals surface area contributed by atoms with Crippen LogP contribution in [-0.4, -0.2) is 72.1 Å². The molecule has 2 aliphatic rings. The molecule has 1 aromatic carbocycles. The van der Waals surface area contributed by atoms with Crippen LogP contribution in [-0.2, 0) is 16.1 Å². The van der Waals surface area contributed by atoms with Crippen molar-refractivity contribution in [1.29, 1.82) is 0 Å². The maximum atomic E-state index is 13.2. The third kappa shape index (κ3) is 10.7. The summed E-state index contributed by atoms with van der Waals surface area (Å²) in [5, 5.41) is 9.25. The molecule has 0 radical (unpaired) electrons. The van der Waals surface area contributed by atoms with Crippen molar-refractivity contribution in [1.82, 2.24) is 20.9 Å². The van der Waals surface area contributed by atoms with Gasteiger partial charge in [0.1, 0.15) is 11.9 Å². The molecular weight excluding hydrogens is 483 g/mol. The van der Waals surface area contributed by atoms with Gasteiger partial charge in [0, 0.05) is 37.3 Å². The van der Waals surface area contributed by atoms with Crippen molar-refractivity contribution >= 4 is 35.3 Å². The Morgan fingerprint density at radius 3 is 2.49 bits per heavy atom. The summed E-state index contributed by atoms with van der Waals surface area (Å²) in [6, 6.07) is 6.26. The van der Waals surface area contributed by atoms with Crippen LogP contribution in [0, 0.1) is 11.7 Å². The van der Waals surface area contributed by atoms with Gasteiger partial charge in [-0.2, -0.15) is 11.8 Å². The van der Waals surface area contributed by atoms with Gasteiger partial charge in [0.25, 0.3) is 0 Å². The summed E-state index contributed by atoms with van der Waals surface area (Å²) in [5.74, 6) is 2.70. The fraction of sp³-hybridized carbons (Fsp3) is 0.692. The Bertz CT molecular complexity index is 769. The lowest BCUT2D eigenvalue weighted by atomic mass is 9.91. The SMILES string of the molecule is CSCNCC(=O)NC(CSCC1CCCCC1)C(=O)NC1CCN(Cc2ccc(F)cc2)CC1. The third-order valence-electron chi connectivity index (χ3n) is 6.80. The fourth-order valence-electron chi connectivity index (χ4n) is 4.79. The highest BCUT2D eigenvalue weighted by atomic mass is 32.2. The van der Waals surface area contributed by atoms with Crippen LogP contribution in [0.15, 0.2) is 24.3 Å². The highest BCUT2D eigenvalue weighted by Crippen LogP contribution is 2.27. The fourth-order valence-corrected chi connectivity index (χ4v) is 6.37. The van der Waals surface area contributed by atoms with Gasteiger partial charge in [-0.15, -0.1) is 11.8 Å². The third-order valence-corrected chi connectivity index (χ3v) is 8.57. The summed E-state index contributed by atoms with van der Waals surface area (Å²) < 4.78 is 13.1. The van der Waals surface area contributed by atoms with E-state index < -0.39 is 6.04 Å². The molecule has 1 heterocycles. The summed E-state index contributed by atoms with van der Waals surface area (Å²) in [4.78, 5) is 27.9. The van der Waals surface area contributed by atoms with E-state index in [0.717, 1.165) is 49.7 Å². The van der Waals surface area contributed by atoms with Gasteiger partial charge in [-0.3, -0.25) is 19.8 Å². The lowest BCUT2D eigenvalue weighted by Crippen LogP contribution is -2.54. The van der Waals surface area contributed by atoms with Crippen molar-refractivity contribution in [3.63, 3.8) is 0 Å². The van der Waals surface area contributed by atoms with Gasteiger partial charge in [0.2, 0.25) is 11.8 Å². The topological polar surface area (TPSA) is 73.5 Å². The Balaban J connectivity index is 1.45. The first-order valence-electron chi connectivity index (χ1n) is 12.9. The van der Waals surface area contributed by atoms with Crippen molar-refractivity contribution in [3.05, 3.63) is 35.6 Å². The summed E-state index contributed by atoms with van der Waals surface area (Å²) in [5.41, 5.74) is 1.10. The predicted molar refractivity (Wildman–Crippen MR) is 145 cm³/mol. The summed E-state index contributed by atoms with van der Waals surface area (Å²) in [6.07, 6.45) is 10.3. The van der Waals surface area contributed by atoms with Crippen LogP contribution < -0.4 is 16.0 Å². The Morgan fingerprint density at radius 2 is 1.80 bits per heavy atom. The average Bonchev–Trinajstić information content (AvgIpc) is 2.87. The molecule has 2 fully saturated rings. The Hall–Kier alpha value is -1.29. The molecule has 196 valence electrons. The first kappa shape index (κ1) is 28.3. The molecule has 1 aliphatic heterocycles. The van der Waals surface area contributed by atoms with E-state index >= 15 is 0 Å². The molecule has 0 spiro atoms. The number of hydrogen-bond acceptors (Lipinski definition) is 6. The number of piperidine rings is 1. The van der Waals surface area contributed by atoms with E-state index in [-0.39, 0.29) is 30.2 Å². The normalized spacial score (nSPS) is 18.8. The minimum Gasteiger partial charge on any atom is -0.351 e. The van der Waals surface area contributed by atoms with Crippen LogP contribution in [0.1, 0.15) is 50.5 Å². The second kappa shape index (κ2) is 15.7. The molecule has 1 saturated carbocycles. The van der Waals surface area contributed by atoms with Gasteiger partial charge >= 0.3 is 0 Å². The monoisotopic (exact) mass is 524 g/mol. The van der Waals surface area contributed by atoms with Gasteiger partial charge in [-0.25, -0.2) is 4.39 Å². The first-order valence-corrected chi connectivity index (χ1v) is 15.4. The van der Waals surface area contributed by atoms with Gasteiger partial charge in [-0.05, 0) is 61.3 Å². The van der Waals surface area contributed by atoms with Crippen LogP contribution in [0.2, 0.25) is 0 Å². The molecule has 6 nitrogen and oxygen atoms in total. The number of benzene rings is 1. The Kier molecular flexibility index (Phi) is 12.7. The lowest BCUT2D eigenvalue weighted by Gasteiger charge is -2.33. The predicted octanol–water partition coefficient (Wildman–Crippen LogP) is 3.61. The number of halogens is 1. The smallest absolute Gasteiger partial charge is 0.243 e. The van der Waals surface area contributed by atoms with E-state index in [4.69, 9.17) is 0 Å². The Morgan fingerprint density at radius 1 is 1.09 bits per heavy atom. The summed E-state index contributed by atoms with van der Waals surface area (Å²) >= 11 is 3.42. The highest BCUT2D eigenvalue weighted by molar-refractivity contribution is 7.99. The first-order chi connectivity index (χ1) is 17.0. The molecule has 1 aromatic rings. The van der Waals surface area contributed by atoms with E-state index in [1.807, 2.05) is 18.4 Å². The van der Waals surface area contributed by atoms with Crippen molar-refractivity contribution < 1.29 is 14.0 Å². The van der Waals surface area contributed by atoms with Gasteiger partial charge < -0.3 is 10.6 Å². The number of thioether (sulfide) groups is 2. The summed E-state index contributed by atoms with van der Waals surface area (Å²) in [6.45, 7) is 2.78. The standard InChI is InChI=1S/C26H41FN4O2S2/c1-34-19-28-15-25(32)30-24(18-35-17-21-5-3-2-4-6-21)26(33)29-23-11-13-31(14-12-23)16-20-7-9-22(27)10-8-20/h7-10,21,23-24,28H,2-6,11-19H2,1H3,(H,29,33)(H,30,32). The van der Waals surface area contributed by atoms with Crippen molar-refractivity contribution in [3.8, 4) is 0 Å². The number of rotatable bonds is 13. The number of likely N-dealkylation sites (tertiary alicyclic amines) is 1. The number of amides is 2. The van der Waals surface area contributed by atoms with Crippen LogP contribution >= 0.6 is 23.5 Å². The van der Waals surface area contributed by atoms with E-state index in [1.54, 1.807) is 23.5 Å². The minimum absolute atomic E-state index is 0.0728. The van der Waals surface area contributed by atoms with Crippen LogP contribution in [0.25, 0.3) is 0 Å². The quantitative estimate of drug-likeness (QED) is 0.270. The molecular formula is C26H41FN4O2S2. The van der Waals surface area contributed by atoms with Gasteiger partial charge in [0.15, 0.2) is 0 Å². The molecule has 0 aromatic heterocycles. The molecule has 1 unspecified atom stereocenters. The molecule has 3 rings (SSSR count). The second-order valence-electron chi connectivity index (χ2n) is 9.71. The highest BCUT2D eigenvalue weighted by Gasteiger charge is 2.26. The molecule has 0 bridgehead atoms. The van der Waals surface area contributed by atoms with E-state index in [9.17, 15) is 14.0 Å². The van der Waals surface area contributed by atoms with Gasteiger partial charge in [0.05, 0.1) is 6.54 Å². The zero-order valence-corrected chi connectivity index (χ0v) is 22.5. The molecule has 1 saturated heterocycles. The summed E-state index contributed by atoms with van der Waals surface area (Å²) in [7, 11) is 0. The molecule has 3 N–H and O–H groups in total. The number of nitrogens with one attached hydrogen (secondary N) is 3. The lowest BCUT2D eigenvalue weighted by molar-refractivity contribution is -0.128. The number of carbonyl (C=O) groups is 2. The number of carbonyl (C=O) groups excluding carboxylic acids is 2. The van der Waals surface area contributed by atoms with E-state index in [0.29, 0.717) is 11.6 Å². The van der Waals surface area contributed by atoms with E-state index in [1.165, 1.54) is 44.2 Å². The molecule has 2 amide bonds. The minimum atomic E-state index is -0.510.